The van der Waals surface area contributed by atoms with Crippen molar-refractivity contribution >= 4 is 23.4 Å². The smallest absolute Gasteiger partial charge is 0.413 e. The third-order valence-electron chi connectivity index (χ3n) is 4.08. The molecular formula is C17H23F2N5O2. The summed E-state index contributed by atoms with van der Waals surface area (Å²) in [7, 11) is 0. The molecule has 0 aromatic carbocycles. The van der Waals surface area contributed by atoms with E-state index in [-0.39, 0.29) is 31.7 Å². The predicted octanol–water partition coefficient (Wildman–Crippen LogP) is 3.62. The quantitative estimate of drug-likeness (QED) is 0.878. The third-order valence-corrected chi connectivity index (χ3v) is 4.08. The second-order valence-corrected chi connectivity index (χ2v) is 7.51. The van der Waals surface area contributed by atoms with Gasteiger partial charge in [0.05, 0.1) is 6.20 Å². The lowest BCUT2D eigenvalue weighted by Gasteiger charge is -2.32. The predicted molar refractivity (Wildman–Crippen MR) is 94.0 cm³/mol. The largest absolute Gasteiger partial charge is 0.444 e. The highest BCUT2D eigenvalue weighted by Crippen LogP contribution is 2.32. The van der Waals surface area contributed by atoms with Crippen LogP contribution in [0.25, 0.3) is 5.65 Å². The van der Waals surface area contributed by atoms with E-state index in [0.29, 0.717) is 11.5 Å². The van der Waals surface area contributed by atoms with Crippen molar-refractivity contribution in [3.05, 3.63) is 18.1 Å². The second-order valence-electron chi connectivity index (χ2n) is 7.51. The highest BCUT2D eigenvalue weighted by atomic mass is 19.3. The van der Waals surface area contributed by atoms with E-state index in [0.717, 1.165) is 5.69 Å². The van der Waals surface area contributed by atoms with E-state index >= 15 is 0 Å². The van der Waals surface area contributed by atoms with Gasteiger partial charge >= 0.3 is 6.09 Å². The summed E-state index contributed by atoms with van der Waals surface area (Å²) in [6.45, 7) is 7.52. The lowest BCUT2D eigenvalue weighted by Crippen LogP contribution is -2.40. The number of piperidine rings is 1. The maximum absolute atomic E-state index is 13.5. The lowest BCUT2D eigenvalue weighted by atomic mass is 10.1. The molecule has 1 saturated heterocycles. The number of nitrogens with zero attached hydrogens (tertiary/aromatic N) is 4. The molecule has 1 amide bonds. The van der Waals surface area contributed by atoms with Crippen LogP contribution in [0.3, 0.4) is 0 Å². The molecule has 1 aliphatic heterocycles. The monoisotopic (exact) mass is 367 g/mol. The van der Waals surface area contributed by atoms with Gasteiger partial charge in [0, 0.05) is 37.8 Å². The first-order valence-corrected chi connectivity index (χ1v) is 8.52. The minimum absolute atomic E-state index is 0.178. The fraction of sp³-hybridized carbons (Fsp3) is 0.588. The van der Waals surface area contributed by atoms with E-state index in [9.17, 15) is 13.6 Å². The van der Waals surface area contributed by atoms with E-state index < -0.39 is 17.6 Å². The van der Waals surface area contributed by atoms with Crippen molar-refractivity contribution < 1.29 is 18.3 Å². The molecule has 1 N–H and O–H groups in total. The first-order chi connectivity index (χ1) is 12.0. The summed E-state index contributed by atoms with van der Waals surface area (Å²) in [5.74, 6) is -1.90. The number of carbonyl (C=O) groups excluding carboxylic acids is 1. The number of carbonyl (C=O) groups is 1. The van der Waals surface area contributed by atoms with Crippen LogP contribution in [0.5, 0.6) is 0 Å². The van der Waals surface area contributed by atoms with Crippen LogP contribution in [0.2, 0.25) is 0 Å². The average molecular weight is 367 g/mol. The molecule has 0 atom stereocenters. The SMILES string of the molecule is Cc1cnc2c(N3CCC(F)(F)CC3)nc(NC(=O)OC(C)(C)C)cn12. The summed E-state index contributed by atoms with van der Waals surface area (Å²) < 4.78 is 34.0. The van der Waals surface area contributed by atoms with Crippen LogP contribution in [0.4, 0.5) is 25.2 Å². The molecule has 26 heavy (non-hydrogen) atoms. The Bertz CT molecular complexity index is 818. The topological polar surface area (TPSA) is 71.8 Å². The number of hydrogen-bond acceptors (Lipinski definition) is 5. The van der Waals surface area contributed by atoms with Gasteiger partial charge in [-0.2, -0.15) is 0 Å². The van der Waals surface area contributed by atoms with Crippen LogP contribution >= 0.6 is 0 Å². The van der Waals surface area contributed by atoms with Crippen LogP contribution in [-0.2, 0) is 4.74 Å². The number of imidazole rings is 1. The number of fused-ring (bicyclic) bond motifs is 1. The number of amides is 1. The van der Waals surface area contributed by atoms with Gasteiger partial charge in [0.1, 0.15) is 5.60 Å². The minimum atomic E-state index is -2.65. The molecule has 7 nitrogen and oxygen atoms in total. The molecule has 3 rings (SSSR count). The molecule has 0 bridgehead atoms. The Morgan fingerprint density at radius 2 is 1.96 bits per heavy atom. The first-order valence-electron chi connectivity index (χ1n) is 8.52. The molecule has 1 fully saturated rings. The van der Waals surface area contributed by atoms with Gasteiger partial charge in [0.2, 0.25) is 0 Å². The summed E-state index contributed by atoms with van der Waals surface area (Å²) in [4.78, 5) is 22.6. The van der Waals surface area contributed by atoms with Crippen LogP contribution in [-0.4, -0.2) is 45.1 Å². The van der Waals surface area contributed by atoms with Crippen LogP contribution < -0.4 is 10.2 Å². The van der Waals surface area contributed by atoms with E-state index in [4.69, 9.17) is 4.74 Å². The zero-order valence-electron chi connectivity index (χ0n) is 15.3. The maximum atomic E-state index is 13.5. The molecule has 1 aliphatic rings. The van der Waals surface area contributed by atoms with Gasteiger partial charge in [-0.05, 0) is 27.7 Å². The lowest BCUT2D eigenvalue weighted by molar-refractivity contribution is -0.0221. The molecule has 2 aromatic heterocycles. The normalized spacial score (nSPS) is 17.4. The Balaban J connectivity index is 1.91. The number of aromatic nitrogens is 3. The number of halogens is 2. The molecule has 0 unspecified atom stereocenters. The number of alkyl halides is 2. The van der Waals surface area contributed by atoms with Crippen molar-refractivity contribution in [2.24, 2.45) is 0 Å². The number of nitrogens with one attached hydrogen (secondary N) is 1. The Hall–Kier alpha value is -2.45. The van der Waals surface area contributed by atoms with Gasteiger partial charge in [0.15, 0.2) is 17.3 Å². The van der Waals surface area contributed by atoms with Gasteiger partial charge in [-0.15, -0.1) is 0 Å². The van der Waals surface area contributed by atoms with Gasteiger partial charge in [-0.1, -0.05) is 0 Å². The fourth-order valence-electron chi connectivity index (χ4n) is 2.82. The average Bonchev–Trinajstić information content (AvgIpc) is 2.86. The van der Waals surface area contributed by atoms with Crippen molar-refractivity contribution in [1.82, 2.24) is 14.4 Å². The number of hydrogen-bond donors (Lipinski definition) is 1. The molecule has 0 saturated carbocycles. The first kappa shape index (κ1) is 18.3. The molecule has 0 radical (unpaired) electrons. The van der Waals surface area contributed by atoms with Crippen molar-refractivity contribution in [2.75, 3.05) is 23.3 Å². The summed E-state index contributed by atoms with van der Waals surface area (Å²) in [5, 5.41) is 2.61. The Labute approximate surface area is 150 Å². The molecule has 3 heterocycles. The molecule has 0 spiro atoms. The number of anilines is 2. The van der Waals surface area contributed by atoms with Gasteiger partial charge in [0.25, 0.3) is 5.92 Å². The summed E-state index contributed by atoms with van der Waals surface area (Å²) >= 11 is 0. The number of ether oxygens (including phenoxy) is 1. The molecule has 142 valence electrons. The molecule has 2 aromatic rings. The van der Waals surface area contributed by atoms with Crippen molar-refractivity contribution in [3.8, 4) is 0 Å². The molecular weight excluding hydrogens is 344 g/mol. The summed E-state index contributed by atoms with van der Waals surface area (Å²) in [6.07, 6.45) is 2.23. The Morgan fingerprint density at radius 1 is 1.31 bits per heavy atom. The number of aryl methyl sites for hydroxylation is 1. The summed E-state index contributed by atoms with van der Waals surface area (Å²) in [6, 6.07) is 0. The standard InChI is InChI=1S/C17H23F2N5O2/c1-11-9-20-13-14(23-7-5-17(18,19)6-8-23)21-12(10-24(11)13)22-15(25)26-16(2,3)4/h9-10H,5-8H2,1-4H3,(H,22,25). The minimum Gasteiger partial charge on any atom is -0.444 e. The maximum Gasteiger partial charge on any atom is 0.413 e. The zero-order valence-corrected chi connectivity index (χ0v) is 15.3. The fourth-order valence-corrected chi connectivity index (χ4v) is 2.82. The second kappa shape index (κ2) is 6.37. The van der Waals surface area contributed by atoms with Crippen LogP contribution in [0.15, 0.2) is 12.4 Å². The van der Waals surface area contributed by atoms with E-state index in [2.05, 4.69) is 15.3 Å². The Morgan fingerprint density at radius 3 is 2.58 bits per heavy atom. The van der Waals surface area contributed by atoms with Crippen LogP contribution in [0.1, 0.15) is 39.3 Å². The number of rotatable bonds is 2. The van der Waals surface area contributed by atoms with E-state index in [1.165, 1.54) is 0 Å². The Kier molecular flexibility index (Phi) is 4.49. The van der Waals surface area contributed by atoms with Crippen molar-refractivity contribution in [3.63, 3.8) is 0 Å². The highest BCUT2D eigenvalue weighted by Gasteiger charge is 2.35. The summed E-state index contributed by atoms with van der Waals surface area (Å²) in [5.41, 5.74) is 0.779. The molecule has 0 aliphatic carbocycles. The van der Waals surface area contributed by atoms with Gasteiger partial charge in [-0.3, -0.25) is 9.72 Å². The van der Waals surface area contributed by atoms with Crippen LogP contribution in [0, 0.1) is 6.92 Å². The van der Waals surface area contributed by atoms with Gasteiger partial charge in [-0.25, -0.2) is 23.5 Å². The van der Waals surface area contributed by atoms with E-state index in [1.807, 2.05) is 6.92 Å². The zero-order chi connectivity index (χ0) is 19.1. The third kappa shape index (κ3) is 4.03. The highest BCUT2D eigenvalue weighted by molar-refractivity contribution is 5.84. The molecule has 9 heteroatoms. The van der Waals surface area contributed by atoms with Gasteiger partial charge < -0.3 is 9.64 Å². The van der Waals surface area contributed by atoms with E-state index in [1.54, 1.807) is 42.5 Å². The van der Waals surface area contributed by atoms with Crippen molar-refractivity contribution in [2.45, 2.75) is 52.1 Å². The van der Waals surface area contributed by atoms with Crippen molar-refractivity contribution in [1.29, 1.82) is 0 Å².